The molecule has 1 saturated carbocycles. The van der Waals surface area contributed by atoms with E-state index in [9.17, 15) is 4.79 Å². The lowest BCUT2D eigenvalue weighted by atomic mass is 9.95. The molecule has 0 amide bonds. The molecule has 0 saturated heterocycles. The first-order valence-electron chi connectivity index (χ1n) is 5.77. The molecule has 0 unspecified atom stereocenters. The third-order valence-corrected chi connectivity index (χ3v) is 3.60. The van der Waals surface area contributed by atoms with Crippen LogP contribution in [0.1, 0.15) is 42.7 Å². The number of benzene rings is 1. The number of rotatable bonds is 3. The Balaban J connectivity index is 2.32. The zero-order chi connectivity index (χ0) is 12.3. The number of carbonyl (C=O) groups excluding carboxylic acids is 1. The van der Waals surface area contributed by atoms with Gasteiger partial charge in [0.25, 0.3) is 0 Å². The van der Waals surface area contributed by atoms with E-state index in [1.54, 1.807) is 6.07 Å². The summed E-state index contributed by atoms with van der Waals surface area (Å²) in [4.78, 5) is 10.9. The van der Waals surface area contributed by atoms with Gasteiger partial charge in [-0.2, -0.15) is 0 Å². The van der Waals surface area contributed by atoms with Gasteiger partial charge in [0, 0.05) is 17.5 Å². The second kappa shape index (κ2) is 5.74. The second-order valence-corrected chi connectivity index (χ2v) is 4.90. The van der Waals surface area contributed by atoms with E-state index in [0.29, 0.717) is 17.5 Å². The Morgan fingerprint density at radius 1 is 1.35 bits per heavy atom. The molecule has 1 fully saturated rings. The maximum Gasteiger partial charge on any atom is 0.409 e. The Morgan fingerprint density at radius 3 is 2.65 bits per heavy atom. The first-order valence-corrected chi connectivity index (χ1v) is 6.68. The van der Waals surface area contributed by atoms with Crippen LogP contribution in [-0.4, -0.2) is 5.43 Å². The van der Waals surface area contributed by atoms with Gasteiger partial charge in [-0.3, -0.25) is 0 Å². The van der Waals surface area contributed by atoms with Crippen molar-refractivity contribution in [2.75, 3.05) is 0 Å². The number of halogens is 2. The zero-order valence-corrected chi connectivity index (χ0v) is 10.9. The van der Waals surface area contributed by atoms with Gasteiger partial charge in [0.2, 0.25) is 0 Å². The van der Waals surface area contributed by atoms with Crippen LogP contribution in [0.5, 0.6) is 5.75 Å². The van der Waals surface area contributed by atoms with E-state index in [0.717, 1.165) is 24.0 Å². The highest BCUT2D eigenvalue weighted by Gasteiger charge is 2.21. The summed E-state index contributed by atoms with van der Waals surface area (Å²) in [6.45, 7) is 0. The van der Waals surface area contributed by atoms with E-state index in [-0.39, 0.29) is 0 Å². The summed E-state index contributed by atoms with van der Waals surface area (Å²) < 4.78 is 5.04. The third-order valence-electron chi connectivity index (χ3n) is 3.21. The van der Waals surface area contributed by atoms with Crippen molar-refractivity contribution in [3.63, 3.8) is 0 Å². The van der Waals surface area contributed by atoms with Gasteiger partial charge in [-0.05, 0) is 36.0 Å². The second-order valence-electron chi connectivity index (χ2n) is 4.33. The topological polar surface area (TPSA) is 26.3 Å². The predicted octanol–water partition coefficient (Wildman–Crippen LogP) is 4.82. The van der Waals surface area contributed by atoms with Crippen LogP contribution >= 0.6 is 23.2 Å². The molecule has 92 valence electrons. The highest BCUT2D eigenvalue weighted by atomic mass is 35.5. The van der Waals surface area contributed by atoms with Crippen molar-refractivity contribution in [3.05, 3.63) is 29.3 Å². The Morgan fingerprint density at radius 2 is 2.06 bits per heavy atom. The van der Waals surface area contributed by atoms with Gasteiger partial charge in [-0.25, -0.2) is 4.79 Å². The first-order chi connectivity index (χ1) is 8.20. The molecule has 2 nitrogen and oxygen atoms in total. The maximum absolute atomic E-state index is 10.9. The fourth-order valence-electron chi connectivity index (χ4n) is 2.42. The van der Waals surface area contributed by atoms with Crippen LogP contribution in [0.4, 0.5) is 4.79 Å². The summed E-state index contributed by atoms with van der Waals surface area (Å²) in [5.41, 5.74) is 1.32. The minimum atomic E-state index is -0.789. The van der Waals surface area contributed by atoms with Crippen LogP contribution in [0.3, 0.4) is 0 Å². The molecule has 2 rings (SSSR count). The van der Waals surface area contributed by atoms with Gasteiger partial charge in [-0.15, -0.1) is 11.6 Å². The van der Waals surface area contributed by atoms with Gasteiger partial charge in [0.15, 0.2) is 0 Å². The number of alkyl halides is 1. The van der Waals surface area contributed by atoms with Crippen LogP contribution in [0.2, 0.25) is 0 Å². The summed E-state index contributed by atoms with van der Waals surface area (Å²) in [6.07, 6.45) is 4.73. The number of carbonyl (C=O) groups is 1. The fraction of sp³-hybridized carbons (Fsp3) is 0.462. The van der Waals surface area contributed by atoms with Gasteiger partial charge in [0.1, 0.15) is 5.75 Å². The van der Waals surface area contributed by atoms with E-state index in [1.807, 2.05) is 12.1 Å². The average Bonchev–Trinajstić information content (AvgIpc) is 2.82. The van der Waals surface area contributed by atoms with Gasteiger partial charge in [-0.1, -0.05) is 25.0 Å². The molecule has 17 heavy (non-hydrogen) atoms. The lowest BCUT2D eigenvalue weighted by Gasteiger charge is -2.15. The van der Waals surface area contributed by atoms with Crippen molar-refractivity contribution in [1.82, 2.24) is 0 Å². The predicted molar refractivity (Wildman–Crippen MR) is 69.1 cm³/mol. The van der Waals surface area contributed by atoms with E-state index >= 15 is 0 Å². The molecule has 0 spiro atoms. The van der Waals surface area contributed by atoms with E-state index in [4.69, 9.17) is 27.9 Å². The molecule has 0 atom stereocenters. The maximum atomic E-state index is 10.9. The highest BCUT2D eigenvalue weighted by molar-refractivity contribution is 6.61. The van der Waals surface area contributed by atoms with Gasteiger partial charge >= 0.3 is 5.43 Å². The SMILES string of the molecule is O=C(Cl)Oc1ccc(CCl)cc1C1CCCC1. The summed E-state index contributed by atoms with van der Waals surface area (Å²) in [6, 6.07) is 5.67. The van der Waals surface area contributed by atoms with Crippen LogP contribution in [0, 0.1) is 0 Å². The molecular weight excluding hydrogens is 259 g/mol. The Bertz CT molecular complexity index is 412. The van der Waals surface area contributed by atoms with Gasteiger partial charge < -0.3 is 4.74 Å². The molecule has 0 aromatic heterocycles. The Labute approximate surface area is 111 Å². The van der Waals surface area contributed by atoms with Crippen molar-refractivity contribution in [2.24, 2.45) is 0 Å². The number of hydrogen-bond donors (Lipinski definition) is 0. The highest BCUT2D eigenvalue weighted by Crippen LogP contribution is 2.39. The summed E-state index contributed by atoms with van der Waals surface area (Å²) in [7, 11) is 0. The van der Waals surface area contributed by atoms with Crippen molar-refractivity contribution in [1.29, 1.82) is 0 Å². The van der Waals surface area contributed by atoms with Crippen molar-refractivity contribution in [3.8, 4) is 5.75 Å². The lowest BCUT2D eigenvalue weighted by molar-refractivity contribution is 0.225. The minimum Gasteiger partial charge on any atom is -0.414 e. The van der Waals surface area contributed by atoms with Crippen LogP contribution in [0.25, 0.3) is 0 Å². The standard InChI is InChI=1S/C13H14Cl2O2/c14-8-9-5-6-12(17-13(15)16)11(7-9)10-3-1-2-4-10/h5-7,10H,1-4,8H2. The molecule has 0 bridgehead atoms. The van der Waals surface area contributed by atoms with E-state index in [1.165, 1.54) is 12.8 Å². The average molecular weight is 273 g/mol. The largest absolute Gasteiger partial charge is 0.414 e. The zero-order valence-electron chi connectivity index (χ0n) is 9.42. The molecule has 0 N–H and O–H groups in total. The number of ether oxygens (including phenoxy) is 1. The fourth-order valence-corrected chi connectivity index (χ4v) is 2.67. The molecule has 0 heterocycles. The summed E-state index contributed by atoms with van der Waals surface area (Å²) in [5, 5.41) is 0. The molecule has 1 aliphatic carbocycles. The Hall–Kier alpha value is -0.730. The molecule has 4 heteroatoms. The smallest absolute Gasteiger partial charge is 0.409 e. The molecule has 0 aliphatic heterocycles. The van der Waals surface area contributed by atoms with Crippen LogP contribution in [0.15, 0.2) is 18.2 Å². The number of hydrogen-bond acceptors (Lipinski definition) is 2. The summed E-state index contributed by atoms with van der Waals surface area (Å²) in [5.74, 6) is 1.50. The third kappa shape index (κ3) is 3.14. The quantitative estimate of drug-likeness (QED) is 0.583. The van der Waals surface area contributed by atoms with E-state index in [2.05, 4.69) is 0 Å². The molecule has 0 radical (unpaired) electrons. The van der Waals surface area contributed by atoms with Gasteiger partial charge in [0.05, 0.1) is 0 Å². The molecular formula is C13H14Cl2O2. The summed E-state index contributed by atoms with van der Waals surface area (Å²) >= 11 is 11.1. The van der Waals surface area contributed by atoms with Crippen molar-refractivity contribution >= 4 is 28.6 Å². The van der Waals surface area contributed by atoms with E-state index < -0.39 is 5.43 Å². The minimum absolute atomic E-state index is 0.462. The molecule has 1 aromatic rings. The Kier molecular flexibility index (Phi) is 4.30. The first kappa shape index (κ1) is 12.7. The molecule has 1 aromatic carbocycles. The monoisotopic (exact) mass is 272 g/mol. The van der Waals surface area contributed by atoms with Crippen molar-refractivity contribution < 1.29 is 9.53 Å². The van der Waals surface area contributed by atoms with Crippen molar-refractivity contribution in [2.45, 2.75) is 37.5 Å². The van der Waals surface area contributed by atoms with Crippen LogP contribution in [-0.2, 0) is 5.88 Å². The van der Waals surface area contributed by atoms with Crippen LogP contribution < -0.4 is 4.74 Å². The molecule has 1 aliphatic rings. The lowest BCUT2D eigenvalue weighted by Crippen LogP contribution is -2.03. The normalized spacial score (nSPS) is 16.1.